The standard InChI is InChI=1S/C11H13BrO2/c1-3-8-6-5-7-9(10(8)12)11(13)14-4-2/h5-7H,3-4H2,1-2H3. The van der Waals surface area contributed by atoms with Crippen LogP contribution >= 0.6 is 15.9 Å². The van der Waals surface area contributed by atoms with E-state index in [0.29, 0.717) is 12.2 Å². The summed E-state index contributed by atoms with van der Waals surface area (Å²) in [4.78, 5) is 11.5. The molecule has 1 aromatic rings. The van der Waals surface area contributed by atoms with Crippen LogP contribution < -0.4 is 0 Å². The van der Waals surface area contributed by atoms with Gasteiger partial charge in [0.05, 0.1) is 12.2 Å². The number of carbonyl (C=O) groups excluding carboxylic acids is 1. The summed E-state index contributed by atoms with van der Waals surface area (Å²) in [6, 6.07) is 5.63. The lowest BCUT2D eigenvalue weighted by Gasteiger charge is -2.07. The van der Waals surface area contributed by atoms with Gasteiger partial charge >= 0.3 is 5.97 Å². The van der Waals surface area contributed by atoms with Gasteiger partial charge in [0.1, 0.15) is 0 Å². The van der Waals surface area contributed by atoms with E-state index in [1.54, 1.807) is 13.0 Å². The molecule has 14 heavy (non-hydrogen) atoms. The molecular weight excluding hydrogens is 244 g/mol. The number of hydrogen-bond donors (Lipinski definition) is 0. The van der Waals surface area contributed by atoms with Crippen LogP contribution in [0.25, 0.3) is 0 Å². The molecule has 0 aromatic heterocycles. The van der Waals surface area contributed by atoms with Gasteiger partial charge < -0.3 is 4.74 Å². The van der Waals surface area contributed by atoms with Crippen LogP contribution in [-0.4, -0.2) is 12.6 Å². The van der Waals surface area contributed by atoms with Crippen molar-refractivity contribution >= 4 is 21.9 Å². The predicted molar refractivity (Wildman–Crippen MR) is 59.5 cm³/mol. The van der Waals surface area contributed by atoms with Gasteiger partial charge in [0.2, 0.25) is 0 Å². The van der Waals surface area contributed by atoms with Crippen LogP contribution in [0.1, 0.15) is 29.8 Å². The second kappa shape index (κ2) is 5.15. The highest BCUT2D eigenvalue weighted by atomic mass is 79.9. The van der Waals surface area contributed by atoms with Crippen LogP contribution in [0, 0.1) is 0 Å². The highest BCUT2D eigenvalue weighted by Crippen LogP contribution is 2.22. The molecule has 0 aliphatic carbocycles. The smallest absolute Gasteiger partial charge is 0.339 e. The Balaban J connectivity index is 3.03. The maximum absolute atomic E-state index is 11.5. The third kappa shape index (κ3) is 2.35. The summed E-state index contributed by atoms with van der Waals surface area (Å²) in [7, 11) is 0. The first-order valence-electron chi connectivity index (χ1n) is 4.65. The van der Waals surface area contributed by atoms with E-state index in [0.717, 1.165) is 16.5 Å². The summed E-state index contributed by atoms with van der Waals surface area (Å²) in [6.45, 7) is 4.26. The van der Waals surface area contributed by atoms with Crippen molar-refractivity contribution in [1.29, 1.82) is 0 Å². The molecule has 0 saturated heterocycles. The molecule has 0 aliphatic heterocycles. The van der Waals surface area contributed by atoms with Gasteiger partial charge in [0.15, 0.2) is 0 Å². The zero-order valence-electron chi connectivity index (χ0n) is 8.34. The lowest BCUT2D eigenvalue weighted by Crippen LogP contribution is -2.06. The van der Waals surface area contributed by atoms with E-state index in [9.17, 15) is 4.79 Å². The van der Waals surface area contributed by atoms with Gasteiger partial charge in [-0.05, 0) is 40.9 Å². The van der Waals surface area contributed by atoms with E-state index in [1.165, 1.54) is 0 Å². The first-order valence-corrected chi connectivity index (χ1v) is 5.44. The minimum atomic E-state index is -0.269. The Bertz CT molecular complexity index is 334. The fraction of sp³-hybridized carbons (Fsp3) is 0.364. The molecule has 0 N–H and O–H groups in total. The Morgan fingerprint density at radius 1 is 1.43 bits per heavy atom. The number of aryl methyl sites for hydroxylation is 1. The maximum Gasteiger partial charge on any atom is 0.339 e. The van der Waals surface area contributed by atoms with Crippen LogP contribution in [0.3, 0.4) is 0 Å². The van der Waals surface area contributed by atoms with E-state index < -0.39 is 0 Å². The van der Waals surface area contributed by atoms with Gasteiger partial charge in [0, 0.05) is 4.47 Å². The molecule has 0 amide bonds. The SMILES string of the molecule is CCOC(=O)c1cccc(CC)c1Br. The molecule has 0 fully saturated rings. The van der Waals surface area contributed by atoms with Crippen LogP contribution in [0.2, 0.25) is 0 Å². The van der Waals surface area contributed by atoms with Crippen LogP contribution in [0.15, 0.2) is 22.7 Å². The van der Waals surface area contributed by atoms with Crippen LogP contribution in [0.5, 0.6) is 0 Å². The number of carbonyl (C=O) groups is 1. The second-order valence-corrected chi connectivity index (χ2v) is 3.65. The summed E-state index contributed by atoms with van der Waals surface area (Å²) < 4.78 is 5.79. The van der Waals surface area contributed by atoms with Crippen molar-refractivity contribution in [2.45, 2.75) is 20.3 Å². The van der Waals surface area contributed by atoms with E-state index in [4.69, 9.17) is 4.74 Å². The molecular formula is C11H13BrO2. The topological polar surface area (TPSA) is 26.3 Å². The largest absolute Gasteiger partial charge is 0.462 e. The quantitative estimate of drug-likeness (QED) is 0.777. The van der Waals surface area contributed by atoms with Crippen molar-refractivity contribution in [1.82, 2.24) is 0 Å². The van der Waals surface area contributed by atoms with Gasteiger partial charge in [-0.1, -0.05) is 19.1 Å². The Labute approximate surface area is 92.4 Å². The van der Waals surface area contributed by atoms with Crippen molar-refractivity contribution in [3.8, 4) is 0 Å². The maximum atomic E-state index is 11.5. The molecule has 1 aromatic carbocycles. The van der Waals surface area contributed by atoms with Crippen molar-refractivity contribution in [3.63, 3.8) is 0 Å². The summed E-state index contributed by atoms with van der Waals surface area (Å²) in [5.41, 5.74) is 1.72. The Kier molecular flexibility index (Phi) is 4.14. The molecule has 76 valence electrons. The fourth-order valence-electron chi connectivity index (χ4n) is 1.22. The summed E-state index contributed by atoms with van der Waals surface area (Å²) in [6.07, 6.45) is 0.897. The van der Waals surface area contributed by atoms with Crippen molar-refractivity contribution < 1.29 is 9.53 Å². The molecule has 0 heterocycles. The van der Waals surface area contributed by atoms with Crippen LogP contribution in [0.4, 0.5) is 0 Å². The summed E-state index contributed by atoms with van der Waals surface area (Å²) >= 11 is 3.41. The number of esters is 1. The average molecular weight is 257 g/mol. The number of rotatable bonds is 3. The summed E-state index contributed by atoms with van der Waals surface area (Å²) in [5.74, 6) is -0.269. The number of halogens is 1. The zero-order chi connectivity index (χ0) is 10.6. The molecule has 3 heteroatoms. The van der Waals surface area contributed by atoms with E-state index in [-0.39, 0.29) is 5.97 Å². The van der Waals surface area contributed by atoms with Gasteiger partial charge in [-0.25, -0.2) is 4.79 Å². The highest BCUT2D eigenvalue weighted by Gasteiger charge is 2.12. The molecule has 0 spiro atoms. The number of benzene rings is 1. The summed E-state index contributed by atoms with van der Waals surface area (Å²) in [5, 5.41) is 0. The number of ether oxygens (including phenoxy) is 1. The van der Waals surface area contributed by atoms with Gasteiger partial charge in [-0.2, -0.15) is 0 Å². The minimum Gasteiger partial charge on any atom is -0.462 e. The Morgan fingerprint density at radius 3 is 2.71 bits per heavy atom. The highest BCUT2D eigenvalue weighted by molar-refractivity contribution is 9.10. The molecule has 0 unspecified atom stereocenters. The van der Waals surface area contributed by atoms with Crippen molar-refractivity contribution in [2.75, 3.05) is 6.61 Å². The van der Waals surface area contributed by atoms with E-state index >= 15 is 0 Å². The van der Waals surface area contributed by atoms with Crippen molar-refractivity contribution in [2.24, 2.45) is 0 Å². The first-order chi connectivity index (χ1) is 6.70. The first kappa shape index (κ1) is 11.2. The zero-order valence-corrected chi connectivity index (χ0v) is 9.93. The number of hydrogen-bond acceptors (Lipinski definition) is 2. The Hall–Kier alpha value is -0.830. The third-order valence-electron chi connectivity index (χ3n) is 1.95. The van der Waals surface area contributed by atoms with Gasteiger partial charge in [-0.3, -0.25) is 0 Å². The molecule has 0 saturated carbocycles. The molecule has 0 aliphatic rings. The molecule has 0 atom stereocenters. The van der Waals surface area contributed by atoms with E-state index in [2.05, 4.69) is 22.9 Å². The van der Waals surface area contributed by atoms with Crippen molar-refractivity contribution in [3.05, 3.63) is 33.8 Å². The Morgan fingerprint density at radius 2 is 2.14 bits per heavy atom. The normalized spacial score (nSPS) is 9.93. The molecule has 0 radical (unpaired) electrons. The fourth-order valence-corrected chi connectivity index (χ4v) is 1.93. The lowest BCUT2D eigenvalue weighted by molar-refractivity contribution is 0.0525. The molecule has 0 bridgehead atoms. The second-order valence-electron chi connectivity index (χ2n) is 2.85. The monoisotopic (exact) mass is 256 g/mol. The molecule has 2 nitrogen and oxygen atoms in total. The van der Waals surface area contributed by atoms with Gasteiger partial charge in [0.25, 0.3) is 0 Å². The minimum absolute atomic E-state index is 0.269. The average Bonchev–Trinajstić information content (AvgIpc) is 2.18. The predicted octanol–water partition coefficient (Wildman–Crippen LogP) is 3.19. The van der Waals surface area contributed by atoms with E-state index in [1.807, 2.05) is 12.1 Å². The van der Waals surface area contributed by atoms with Crippen LogP contribution in [-0.2, 0) is 11.2 Å². The third-order valence-corrected chi connectivity index (χ3v) is 2.89. The lowest BCUT2D eigenvalue weighted by atomic mass is 10.1. The van der Waals surface area contributed by atoms with Gasteiger partial charge in [-0.15, -0.1) is 0 Å². The molecule has 1 rings (SSSR count).